The maximum atomic E-state index is 2.72. The van der Waals surface area contributed by atoms with Crippen molar-refractivity contribution in [3.05, 3.63) is 0 Å². The van der Waals surface area contributed by atoms with Crippen molar-refractivity contribution in [2.45, 2.75) is 20.8 Å². The normalized spacial score (nSPS) is 12.2. The molecule has 4 nitrogen and oxygen atoms in total. The summed E-state index contributed by atoms with van der Waals surface area (Å²) in [5, 5.41) is 0. The number of nitrogens with zero attached hydrogens (tertiary/aromatic N) is 4. The van der Waals surface area contributed by atoms with Crippen LogP contribution in [0.5, 0.6) is 0 Å². The van der Waals surface area contributed by atoms with Crippen LogP contribution in [-0.2, 0) is 0 Å². The predicted molar refractivity (Wildman–Crippen MR) is 78.2 cm³/mol. The van der Waals surface area contributed by atoms with Crippen molar-refractivity contribution >= 4 is 16.9 Å². The molecule has 0 atom stereocenters. The summed E-state index contributed by atoms with van der Waals surface area (Å²) < 4.78 is 7.91. The van der Waals surface area contributed by atoms with Crippen molar-refractivity contribution in [2.75, 3.05) is 60.9 Å². The van der Waals surface area contributed by atoms with Crippen LogP contribution in [0.1, 0.15) is 20.8 Å². The number of rotatable bonds is 9. The van der Waals surface area contributed by atoms with Gasteiger partial charge in [0.15, 0.2) is 0 Å². The Balaban J connectivity index is 4.60. The summed E-state index contributed by atoms with van der Waals surface area (Å²) in [6.07, 6.45) is 0. The van der Waals surface area contributed by atoms with Crippen molar-refractivity contribution in [1.29, 1.82) is 0 Å². The average Bonchev–Trinajstić information content (AvgIpc) is 2.32. The van der Waals surface area contributed by atoms with Crippen molar-refractivity contribution < 1.29 is 0 Å². The van der Waals surface area contributed by atoms with Gasteiger partial charge in [0, 0.05) is 0 Å². The molecule has 0 aliphatic heterocycles. The molecule has 102 valence electrons. The fourth-order valence-corrected chi connectivity index (χ4v) is 8.52. The molecule has 0 spiro atoms. The first-order chi connectivity index (χ1) is 7.97. The van der Waals surface area contributed by atoms with Gasteiger partial charge in [0.05, 0.1) is 0 Å². The first kappa shape index (κ1) is 17.5. The molecule has 5 heteroatoms. The molecule has 0 unspecified atom stereocenters. The Labute approximate surface area is 114 Å². The van der Waals surface area contributed by atoms with Crippen LogP contribution in [0.15, 0.2) is 0 Å². The number of hydrogen-bond acceptors (Lipinski definition) is 4. The van der Waals surface area contributed by atoms with Gasteiger partial charge in [-0.1, -0.05) is 0 Å². The van der Waals surface area contributed by atoms with E-state index in [4.69, 9.17) is 0 Å². The SMILES string of the molecule is CC[N](C)[Ga]([N](C)CC)[N](CC)CCN(C)C. The van der Waals surface area contributed by atoms with Gasteiger partial charge in [-0.15, -0.1) is 0 Å². The van der Waals surface area contributed by atoms with Crippen LogP contribution in [0.3, 0.4) is 0 Å². The molecule has 0 heterocycles. The van der Waals surface area contributed by atoms with Crippen LogP contribution < -0.4 is 0 Å². The van der Waals surface area contributed by atoms with E-state index in [-0.39, 0.29) is 0 Å². The zero-order valence-electron chi connectivity index (χ0n) is 12.9. The van der Waals surface area contributed by atoms with E-state index in [0.29, 0.717) is 0 Å². The Morgan fingerprint density at radius 3 is 1.47 bits per heavy atom. The third-order valence-corrected chi connectivity index (χ3v) is 10.9. The second kappa shape index (κ2) is 9.41. The molecule has 0 aromatic carbocycles. The fourth-order valence-electron chi connectivity index (χ4n) is 1.99. The molecule has 0 N–H and O–H groups in total. The zero-order valence-corrected chi connectivity index (χ0v) is 15.3. The summed E-state index contributed by atoms with van der Waals surface area (Å²) in [4.78, 5) is 2.28. The van der Waals surface area contributed by atoms with Gasteiger partial charge in [-0.2, -0.15) is 0 Å². The van der Waals surface area contributed by atoms with Crippen molar-refractivity contribution in [2.24, 2.45) is 0 Å². The van der Waals surface area contributed by atoms with Gasteiger partial charge in [0.1, 0.15) is 0 Å². The molecule has 0 aliphatic rings. The molecule has 0 rings (SSSR count). The fraction of sp³-hybridized carbons (Fsp3) is 1.00. The maximum absolute atomic E-state index is 2.72. The van der Waals surface area contributed by atoms with E-state index in [9.17, 15) is 0 Å². The van der Waals surface area contributed by atoms with E-state index in [2.05, 4.69) is 64.7 Å². The van der Waals surface area contributed by atoms with Crippen molar-refractivity contribution in [3.8, 4) is 0 Å². The third-order valence-electron chi connectivity index (χ3n) is 3.35. The molecule has 0 aromatic rings. The molecule has 0 saturated heterocycles. The van der Waals surface area contributed by atoms with E-state index < -0.39 is 16.9 Å². The summed E-state index contributed by atoms with van der Waals surface area (Å²) in [5.74, 6) is 0. The molecule has 17 heavy (non-hydrogen) atoms. The van der Waals surface area contributed by atoms with Crippen LogP contribution in [-0.4, -0.2) is 93.6 Å². The van der Waals surface area contributed by atoms with E-state index in [1.807, 2.05) is 0 Å². The quantitative estimate of drug-likeness (QED) is 0.583. The van der Waals surface area contributed by atoms with E-state index >= 15 is 0 Å². The molecular weight excluding hydrogens is 270 g/mol. The van der Waals surface area contributed by atoms with Crippen LogP contribution in [0.2, 0.25) is 0 Å². The molecular formula is C12H31GaN4. The van der Waals surface area contributed by atoms with Gasteiger partial charge in [-0.25, -0.2) is 0 Å². The average molecular weight is 301 g/mol. The number of likely N-dealkylation sites (N-methyl/N-ethyl adjacent to an activating group) is 2. The molecule has 0 amide bonds. The van der Waals surface area contributed by atoms with Crippen LogP contribution in [0.4, 0.5) is 0 Å². The zero-order chi connectivity index (χ0) is 13.4. The van der Waals surface area contributed by atoms with Gasteiger partial charge in [-0.05, 0) is 0 Å². The Bertz CT molecular complexity index is 179. The van der Waals surface area contributed by atoms with Gasteiger partial charge in [0.25, 0.3) is 0 Å². The van der Waals surface area contributed by atoms with Crippen molar-refractivity contribution in [3.63, 3.8) is 0 Å². The predicted octanol–water partition coefficient (Wildman–Crippen LogP) is 0.758. The molecule has 0 fully saturated rings. The van der Waals surface area contributed by atoms with Gasteiger partial charge in [-0.3, -0.25) is 0 Å². The first-order valence-electron chi connectivity index (χ1n) is 6.77. The standard InChI is InChI=1S/C6H15N2.2C3H8N.Ga/c1-4-7-5-6-8(2)3;2*1-3-4-2;/h4-6H2,1-3H3;2*3H2,1-2H3;/q3*-1;+3. The van der Waals surface area contributed by atoms with Gasteiger partial charge < -0.3 is 0 Å². The minimum atomic E-state index is -1.66. The molecule has 0 bridgehead atoms. The van der Waals surface area contributed by atoms with Crippen LogP contribution in [0, 0.1) is 0 Å². The second-order valence-corrected chi connectivity index (χ2v) is 11.6. The third kappa shape index (κ3) is 6.26. The summed E-state index contributed by atoms with van der Waals surface area (Å²) >= 11 is -1.66. The minimum absolute atomic E-state index is 1.16. The van der Waals surface area contributed by atoms with Gasteiger partial charge in [0.2, 0.25) is 0 Å². The summed E-state index contributed by atoms with van der Waals surface area (Å²) in [7, 11) is 8.89. The number of hydrogen-bond donors (Lipinski definition) is 0. The topological polar surface area (TPSA) is 13.0 Å². The second-order valence-electron chi connectivity index (χ2n) is 4.92. The molecule has 0 aromatic heterocycles. The monoisotopic (exact) mass is 300 g/mol. The Morgan fingerprint density at radius 2 is 1.18 bits per heavy atom. The molecule has 0 radical (unpaired) electrons. The Morgan fingerprint density at radius 1 is 0.706 bits per heavy atom. The Hall–Kier alpha value is 0.476. The van der Waals surface area contributed by atoms with Gasteiger partial charge >= 0.3 is 114 Å². The van der Waals surface area contributed by atoms with Crippen molar-refractivity contribution in [1.82, 2.24) is 15.7 Å². The van der Waals surface area contributed by atoms with E-state index in [1.54, 1.807) is 0 Å². The summed E-state index contributed by atoms with van der Waals surface area (Å²) in [5.41, 5.74) is 0. The first-order valence-corrected chi connectivity index (χ1v) is 10.0. The van der Waals surface area contributed by atoms with Crippen LogP contribution >= 0.6 is 0 Å². The van der Waals surface area contributed by atoms with E-state index in [1.165, 1.54) is 13.1 Å². The summed E-state index contributed by atoms with van der Waals surface area (Å²) in [6, 6.07) is 0. The Kier molecular flexibility index (Phi) is 9.68. The van der Waals surface area contributed by atoms with E-state index in [0.717, 1.165) is 19.6 Å². The van der Waals surface area contributed by atoms with Crippen LogP contribution in [0.25, 0.3) is 0 Å². The molecule has 0 saturated carbocycles. The summed E-state index contributed by atoms with van der Waals surface area (Å²) in [6.45, 7) is 12.7. The molecule has 0 aliphatic carbocycles.